The number of aryl methyl sites for hydroxylation is 1. The summed E-state index contributed by atoms with van der Waals surface area (Å²) in [6.45, 7) is 4.06. The van der Waals surface area contributed by atoms with E-state index in [9.17, 15) is 13.5 Å². The van der Waals surface area contributed by atoms with E-state index in [0.717, 1.165) is 17.1 Å². The lowest BCUT2D eigenvalue weighted by Crippen LogP contribution is -2.48. The van der Waals surface area contributed by atoms with Crippen molar-refractivity contribution in [2.75, 3.05) is 37.3 Å². The van der Waals surface area contributed by atoms with Gasteiger partial charge in [0.25, 0.3) is 0 Å². The molecular formula is C12H19N3O3S. The minimum absolute atomic E-state index is 0.0142. The lowest BCUT2D eigenvalue weighted by atomic mass is 10.2. The zero-order valence-corrected chi connectivity index (χ0v) is 12.0. The molecule has 7 heteroatoms. The van der Waals surface area contributed by atoms with Crippen molar-refractivity contribution in [2.24, 2.45) is 0 Å². The van der Waals surface area contributed by atoms with Crippen LogP contribution in [0.2, 0.25) is 0 Å². The molecule has 19 heavy (non-hydrogen) atoms. The first-order valence-electron chi connectivity index (χ1n) is 6.18. The number of hydrogen-bond acceptors (Lipinski definition) is 5. The Morgan fingerprint density at radius 1 is 1.26 bits per heavy atom. The zero-order chi connectivity index (χ0) is 14.0. The van der Waals surface area contributed by atoms with E-state index in [1.165, 1.54) is 10.6 Å². The van der Waals surface area contributed by atoms with E-state index in [-0.39, 0.29) is 6.61 Å². The van der Waals surface area contributed by atoms with Gasteiger partial charge >= 0.3 is 0 Å². The minimum Gasteiger partial charge on any atom is -0.392 e. The number of sulfonamides is 1. The van der Waals surface area contributed by atoms with E-state index in [1.54, 1.807) is 0 Å². The van der Waals surface area contributed by atoms with Crippen LogP contribution in [-0.4, -0.2) is 55.2 Å². The first kappa shape index (κ1) is 14.2. The fourth-order valence-corrected chi connectivity index (χ4v) is 3.05. The summed E-state index contributed by atoms with van der Waals surface area (Å²) in [5.74, 6) is 0.803. The van der Waals surface area contributed by atoms with Crippen LogP contribution in [0.5, 0.6) is 0 Å². The number of piperazine rings is 1. The third-order valence-electron chi connectivity index (χ3n) is 3.21. The fourth-order valence-electron chi connectivity index (χ4n) is 2.22. The van der Waals surface area contributed by atoms with Crippen molar-refractivity contribution >= 4 is 15.8 Å². The molecular weight excluding hydrogens is 266 g/mol. The van der Waals surface area contributed by atoms with Crippen molar-refractivity contribution in [3.63, 3.8) is 0 Å². The molecule has 0 amide bonds. The summed E-state index contributed by atoms with van der Waals surface area (Å²) < 4.78 is 24.4. The lowest BCUT2D eigenvalue weighted by molar-refractivity contribution is 0.281. The topological polar surface area (TPSA) is 73.7 Å². The predicted molar refractivity (Wildman–Crippen MR) is 73.5 cm³/mol. The number of anilines is 1. The first-order valence-corrected chi connectivity index (χ1v) is 8.03. The number of pyridine rings is 1. The smallest absolute Gasteiger partial charge is 0.211 e. The Balaban J connectivity index is 2.11. The largest absolute Gasteiger partial charge is 0.392 e. The van der Waals surface area contributed by atoms with Gasteiger partial charge in [-0.15, -0.1) is 0 Å². The monoisotopic (exact) mass is 285 g/mol. The molecule has 1 saturated heterocycles. The normalized spacial score (nSPS) is 17.7. The molecule has 1 aliphatic rings. The molecule has 2 rings (SSSR count). The molecule has 0 aliphatic carbocycles. The molecule has 0 aromatic carbocycles. The van der Waals surface area contributed by atoms with Gasteiger partial charge in [-0.25, -0.2) is 13.4 Å². The fraction of sp³-hybridized carbons (Fsp3) is 0.583. The molecule has 0 atom stereocenters. The number of aliphatic hydroxyl groups is 1. The van der Waals surface area contributed by atoms with Gasteiger partial charge in [0, 0.05) is 31.9 Å². The van der Waals surface area contributed by atoms with Crippen LogP contribution in [0.25, 0.3) is 0 Å². The number of hydrogen-bond donors (Lipinski definition) is 1. The van der Waals surface area contributed by atoms with Gasteiger partial charge in [0.05, 0.1) is 12.9 Å². The maximum Gasteiger partial charge on any atom is 0.211 e. The molecule has 1 aromatic heterocycles. The van der Waals surface area contributed by atoms with Gasteiger partial charge in [0.1, 0.15) is 5.82 Å². The number of aromatic nitrogens is 1. The Hall–Kier alpha value is -1.18. The summed E-state index contributed by atoms with van der Waals surface area (Å²) in [7, 11) is -3.11. The van der Waals surface area contributed by atoms with Crippen LogP contribution < -0.4 is 4.90 Å². The molecule has 0 radical (unpaired) electrons. The van der Waals surface area contributed by atoms with Crippen LogP contribution in [0.15, 0.2) is 12.1 Å². The highest BCUT2D eigenvalue weighted by atomic mass is 32.2. The molecule has 6 nitrogen and oxygen atoms in total. The van der Waals surface area contributed by atoms with Crippen LogP contribution in [0.3, 0.4) is 0 Å². The Morgan fingerprint density at radius 2 is 1.89 bits per heavy atom. The molecule has 106 valence electrons. The second-order valence-corrected chi connectivity index (χ2v) is 6.76. The van der Waals surface area contributed by atoms with Crippen LogP contribution in [-0.2, 0) is 16.6 Å². The highest BCUT2D eigenvalue weighted by Crippen LogP contribution is 2.17. The summed E-state index contributed by atoms with van der Waals surface area (Å²) in [4.78, 5) is 6.49. The lowest BCUT2D eigenvalue weighted by Gasteiger charge is -2.34. The maximum atomic E-state index is 11.4. The van der Waals surface area contributed by atoms with Crippen molar-refractivity contribution < 1.29 is 13.5 Å². The predicted octanol–water partition coefficient (Wildman–Crippen LogP) is -0.0361. The third kappa shape index (κ3) is 3.43. The molecule has 1 fully saturated rings. The van der Waals surface area contributed by atoms with Gasteiger partial charge in [-0.05, 0) is 24.6 Å². The number of aliphatic hydroxyl groups excluding tert-OH is 1. The van der Waals surface area contributed by atoms with Crippen molar-refractivity contribution in [1.82, 2.24) is 9.29 Å². The quantitative estimate of drug-likeness (QED) is 0.844. The Morgan fingerprint density at radius 3 is 2.42 bits per heavy atom. The summed E-state index contributed by atoms with van der Waals surface area (Å²) >= 11 is 0. The Labute approximate surface area is 113 Å². The molecule has 0 saturated carbocycles. The number of nitrogens with zero attached hydrogens (tertiary/aromatic N) is 3. The highest BCUT2D eigenvalue weighted by Gasteiger charge is 2.24. The molecule has 1 aliphatic heterocycles. The second kappa shape index (κ2) is 5.44. The average Bonchev–Trinajstić information content (AvgIpc) is 2.37. The summed E-state index contributed by atoms with van der Waals surface area (Å²) in [5, 5.41) is 9.20. The van der Waals surface area contributed by atoms with Crippen molar-refractivity contribution in [3.8, 4) is 0 Å². The van der Waals surface area contributed by atoms with Crippen LogP contribution in [0.1, 0.15) is 11.3 Å². The van der Waals surface area contributed by atoms with E-state index in [0.29, 0.717) is 26.2 Å². The van der Waals surface area contributed by atoms with E-state index in [1.807, 2.05) is 24.0 Å². The van der Waals surface area contributed by atoms with Crippen LogP contribution >= 0.6 is 0 Å². The van der Waals surface area contributed by atoms with Crippen LogP contribution in [0.4, 0.5) is 5.82 Å². The van der Waals surface area contributed by atoms with Crippen molar-refractivity contribution in [2.45, 2.75) is 13.5 Å². The standard InChI is InChI=1S/C12H19N3O3S/c1-10-7-11(9-16)8-12(13-10)14-3-5-15(6-4-14)19(2,17)18/h7-8,16H,3-6,9H2,1-2H3. The first-order chi connectivity index (χ1) is 8.90. The van der Waals surface area contributed by atoms with E-state index >= 15 is 0 Å². The van der Waals surface area contributed by atoms with E-state index < -0.39 is 10.0 Å². The molecule has 0 spiro atoms. The molecule has 1 N–H and O–H groups in total. The molecule has 2 heterocycles. The zero-order valence-electron chi connectivity index (χ0n) is 11.2. The molecule has 0 bridgehead atoms. The number of rotatable bonds is 3. The summed E-state index contributed by atoms with van der Waals surface area (Å²) in [5.41, 5.74) is 1.68. The summed E-state index contributed by atoms with van der Waals surface area (Å²) in [6, 6.07) is 3.69. The van der Waals surface area contributed by atoms with Gasteiger partial charge in [-0.1, -0.05) is 0 Å². The second-order valence-electron chi connectivity index (χ2n) is 4.78. The SMILES string of the molecule is Cc1cc(CO)cc(N2CCN(S(C)(=O)=O)CC2)n1. The van der Waals surface area contributed by atoms with Gasteiger partial charge in [-0.2, -0.15) is 4.31 Å². The van der Waals surface area contributed by atoms with E-state index in [2.05, 4.69) is 4.98 Å². The molecule has 0 unspecified atom stereocenters. The van der Waals surface area contributed by atoms with Crippen LogP contribution in [0, 0.1) is 6.92 Å². The summed E-state index contributed by atoms with van der Waals surface area (Å²) in [6.07, 6.45) is 1.23. The Kier molecular flexibility index (Phi) is 4.07. The van der Waals surface area contributed by atoms with Crippen molar-refractivity contribution in [1.29, 1.82) is 0 Å². The van der Waals surface area contributed by atoms with Gasteiger partial charge < -0.3 is 10.0 Å². The Bertz CT molecular complexity index is 551. The third-order valence-corrected chi connectivity index (χ3v) is 4.52. The van der Waals surface area contributed by atoms with Gasteiger partial charge in [0.15, 0.2) is 0 Å². The maximum absolute atomic E-state index is 11.4. The van der Waals surface area contributed by atoms with Gasteiger partial charge in [0.2, 0.25) is 10.0 Å². The van der Waals surface area contributed by atoms with E-state index in [4.69, 9.17) is 0 Å². The highest BCUT2D eigenvalue weighted by molar-refractivity contribution is 7.88. The molecule has 1 aromatic rings. The van der Waals surface area contributed by atoms with Gasteiger partial charge in [-0.3, -0.25) is 0 Å². The van der Waals surface area contributed by atoms with Crippen molar-refractivity contribution in [3.05, 3.63) is 23.4 Å². The minimum atomic E-state index is -3.11. The average molecular weight is 285 g/mol.